The van der Waals surface area contributed by atoms with Crippen LogP contribution < -0.4 is 4.74 Å². The van der Waals surface area contributed by atoms with Gasteiger partial charge in [-0.2, -0.15) is 0 Å². The average molecular weight is 257 g/mol. The molecule has 1 aromatic heterocycles. The summed E-state index contributed by atoms with van der Waals surface area (Å²) in [5, 5.41) is 9.75. The Hall–Kier alpha value is -1.87. The van der Waals surface area contributed by atoms with Gasteiger partial charge in [0, 0.05) is 11.8 Å². The van der Waals surface area contributed by atoms with E-state index in [0.29, 0.717) is 6.61 Å². The summed E-state index contributed by atoms with van der Waals surface area (Å²) in [5.41, 5.74) is 3.94. The summed E-state index contributed by atoms with van der Waals surface area (Å²) in [6.07, 6.45) is 1.22. The molecule has 0 fully saturated rings. The van der Waals surface area contributed by atoms with Crippen molar-refractivity contribution in [3.05, 3.63) is 58.9 Å². The Balaban J connectivity index is 2.19. The molecule has 0 aliphatic carbocycles. The van der Waals surface area contributed by atoms with Crippen molar-refractivity contribution >= 4 is 0 Å². The second-order valence-corrected chi connectivity index (χ2v) is 4.77. The molecule has 0 spiro atoms. The van der Waals surface area contributed by atoms with Gasteiger partial charge in [-0.1, -0.05) is 18.2 Å². The number of aromatic nitrogens is 1. The summed E-state index contributed by atoms with van der Waals surface area (Å²) in [4.78, 5) is 4.30. The Morgan fingerprint density at radius 1 is 1.26 bits per heavy atom. The lowest BCUT2D eigenvalue weighted by molar-refractivity contribution is 0.189. The number of aliphatic hydroxyl groups excluding tert-OH is 1. The van der Waals surface area contributed by atoms with Gasteiger partial charge < -0.3 is 9.84 Å². The number of pyridine rings is 1. The van der Waals surface area contributed by atoms with Gasteiger partial charge >= 0.3 is 0 Å². The third kappa shape index (κ3) is 3.32. The number of ether oxygens (including phenoxy) is 1. The second-order valence-electron chi connectivity index (χ2n) is 4.77. The van der Waals surface area contributed by atoms with Gasteiger partial charge in [0.1, 0.15) is 12.4 Å². The van der Waals surface area contributed by atoms with Crippen molar-refractivity contribution in [2.24, 2.45) is 0 Å². The second kappa shape index (κ2) is 5.85. The van der Waals surface area contributed by atoms with Crippen LogP contribution in [0.4, 0.5) is 0 Å². The maximum atomic E-state index is 9.75. The molecule has 0 saturated carbocycles. The zero-order chi connectivity index (χ0) is 13.8. The molecular weight excluding hydrogens is 238 g/mol. The minimum absolute atomic E-state index is 0.413. The van der Waals surface area contributed by atoms with Gasteiger partial charge in [0.25, 0.3) is 0 Å². The first-order valence-electron chi connectivity index (χ1n) is 6.40. The first-order chi connectivity index (χ1) is 9.08. The van der Waals surface area contributed by atoms with Crippen molar-refractivity contribution in [3.8, 4) is 5.75 Å². The van der Waals surface area contributed by atoms with E-state index in [0.717, 1.165) is 28.1 Å². The highest BCUT2D eigenvalue weighted by atomic mass is 16.5. The molecule has 1 N–H and O–H groups in total. The zero-order valence-corrected chi connectivity index (χ0v) is 11.6. The number of rotatable bonds is 4. The average Bonchev–Trinajstić information content (AvgIpc) is 2.37. The smallest absolute Gasteiger partial charge is 0.130 e. The van der Waals surface area contributed by atoms with E-state index in [4.69, 9.17) is 4.74 Å². The van der Waals surface area contributed by atoms with E-state index in [1.54, 1.807) is 13.1 Å². The predicted molar refractivity (Wildman–Crippen MR) is 75.1 cm³/mol. The van der Waals surface area contributed by atoms with Gasteiger partial charge in [-0.3, -0.25) is 4.98 Å². The third-order valence-electron chi connectivity index (χ3n) is 3.10. The van der Waals surface area contributed by atoms with Crippen LogP contribution in [0, 0.1) is 13.8 Å². The van der Waals surface area contributed by atoms with Gasteiger partial charge in [-0.15, -0.1) is 0 Å². The van der Waals surface area contributed by atoms with Crippen LogP contribution in [0.25, 0.3) is 0 Å². The van der Waals surface area contributed by atoms with E-state index in [-0.39, 0.29) is 0 Å². The molecular formula is C16H19NO2. The van der Waals surface area contributed by atoms with Gasteiger partial charge in [0.05, 0.1) is 11.8 Å². The molecule has 0 aliphatic heterocycles. The van der Waals surface area contributed by atoms with Crippen molar-refractivity contribution in [1.29, 1.82) is 0 Å². The lowest BCUT2D eigenvalue weighted by Gasteiger charge is -2.14. The van der Waals surface area contributed by atoms with Crippen molar-refractivity contribution in [3.63, 3.8) is 0 Å². The number of aliphatic hydroxyl groups is 1. The van der Waals surface area contributed by atoms with Crippen molar-refractivity contribution in [1.82, 2.24) is 4.98 Å². The monoisotopic (exact) mass is 257 g/mol. The number of nitrogens with zero attached hydrogens (tertiary/aromatic N) is 1. The largest absolute Gasteiger partial charge is 0.487 e. The highest BCUT2D eigenvalue weighted by molar-refractivity contribution is 5.38. The highest BCUT2D eigenvalue weighted by Crippen LogP contribution is 2.27. The Bertz CT molecular complexity index is 564. The highest BCUT2D eigenvalue weighted by Gasteiger charge is 2.10. The van der Waals surface area contributed by atoms with E-state index in [9.17, 15) is 5.11 Å². The Morgan fingerprint density at radius 3 is 2.74 bits per heavy atom. The molecule has 1 atom stereocenters. The van der Waals surface area contributed by atoms with Crippen LogP contribution in [-0.4, -0.2) is 10.1 Å². The summed E-state index contributed by atoms with van der Waals surface area (Å²) >= 11 is 0. The van der Waals surface area contributed by atoms with Crippen LogP contribution in [0.5, 0.6) is 5.75 Å². The predicted octanol–water partition coefficient (Wildman–Crippen LogP) is 3.33. The fraction of sp³-hybridized carbons (Fsp3) is 0.312. The molecule has 0 unspecified atom stereocenters. The molecule has 3 heteroatoms. The summed E-state index contributed by atoms with van der Waals surface area (Å²) in [6, 6.07) is 9.74. The molecule has 0 radical (unpaired) electrons. The number of benzene rings is 1. The topological polar surface area (TPSA) is 42.4 Å². The van der Waals surface area contributed by atoms with Crippen molar-refractivity contribution in [2.45, 2.75) is 33.5 Å². The minimum atomic E-state index is -0.541. The normalized spacial score (nSPS) is 12.2. The van der Waals surface area contributed by atoms with Gasteiger partial charge in [0.15, 0.2) is 0 Å². The van der Waals surface area contributed by atoms with E-state index in [2.05, 4.69) is 4.98 Å². The lowest BCUT2D eigenvalue weighted by atomic mass is 10.1. The van der Waals surface area contributed by atoms with Crippen molar-refractivity contribution in [2.75, 3.05) is 0 Å². The van der Waals surface area contributed by atoms with Crippen LogP contribution >= 0.6 is 0 Å². The number of hydrogen-bond donors (Lipinski definition) is 1. The summed E-state index contributed by atoms with van der Waals surface area (Å²) in [5.74, 6) is 0.722. The molecule has 2 rings (SSSR count). The molecule has 2 aromatic rings. The summed E-state index contributed by atoms with van der Waals surface area (Å²) in [7, 11) is 0. The SMILES string of the molecule is Cc1ccc([C@@H](C)O)c(OCc2ncccc2C)c1. The quantitative estimate of drug-likeness (QED) is 0.913. The van der Waals surface area contributed by atoms with Crippen LogP contribution in [-0.2, 0) is 6.61 Å². The first kappa shape index (κ1) is 13.6. The standard InChI is InChI=1S/C16H19NO2/c1-11-6-7-14(13(3)18)16(9-11)19-10-15-12(2)5-4-8-17-15/h4-9,13,18H,10H2,1-3H3/t13-/m1/s1. The maximum Gasteiger partial charge on any atom is 0.130 e. The summed E-state index contributed by atoms with van der Waals surface area (Å²) in [6.45, 7) is 6.17. The zero-order valence-electron chi connectivity index (χ0n) is 11.6. The van der Waals surface area contributed by atoms with Crippen LogP contribution in [0.3, 0.4) is 0 Å². The van der Waals surface area contributed by atoms with Crippen LogP contribution in [0.1, 0.15) is 35.4 Å². The molecule has 0 saturated heterocycles. The Labute approximate surface area is 113 Å². The fourth-order valence-corrected chi connectivity index (χ4v) is 1.93. The van der Waals surface area contributed by atoms with Crippen LogP contribution in [0.15, 0.2) is 36.5 Å². The minimum Gasteiger partial charge on any atom is -0.487 e. The van der Waals surface area contributed by atoms with E-state index < -0.39 is 6.10 Å². The molecule has 1 heterocycles. The summed E-state index contributed by atoms with van der Waals surface area (Å²) < 4.78 is 5.82. The molecule has 0 bridgehead atoms. The van der Waals surface area contributed by atoms with Gasteiger partial charge in [-0.05, 0) is 44.0 Å². The van der Waals surface area contributed by atoms with Crippen LogP contribution in [0.2, 0.25) is 0 Å². The van der Waals surface area contributed by atoms with E-state index in [1.165, 1.54) is 0 Å². The molecule has 0 aliphatic rings. The molecule has 19 heavy (non-hydrogen) atoms. The Kier molecular flexibility index (Phi) is 4.17. The van der Waals surface area contributed by atoms with E-state index in [1.807, 2.05) is 44.2 Å². The number of hydrogen-bond acceptors (Lipinski definition) is 3. The van der Waals surface area contributed by atoms with Gasteiger partial charge in [-0.25, -0.2) is 0 Å². The maximum absolute atomic E-state index is 9.75. The Morgan fingerprint density at radius 2 is 2.05 bits per heavy atom. The molecule has 0 amide bonds. The molecule has 1 aromatic carbocycles. The molecule has 3 nitrogen and oxygen atoms in total. The third-order valence-corrected chi connectivity index (χ3v) is 3.10. The van der Waals surface area contributed by atoms with Gasteiger partial charge in [0.2, 0.25) is 0 Å². The van der Waals surface area contributed by atoms with E-state index >= 15 is 0 Å². The number of aryl methyl sites for hydroxylation is 2. The van der Waals surface area contributed by atoms with Crippen molar-refractivity contribution < 1.29 is 9.84 Å². The first-order valence-corrected chi connectivity index (χ1v) is 6.40. The lowest BCUT2D eigenvalue weighted by Crippen LogP contribution is -2.04. The molecule has 100 valence electrons. The fourth-order valence-electron chi connectivity index (χ4n) is 1.93.